The van der Waals surface area contributed by atoms with Crippen LogP contribution in [0.4, 0.5) is 5.13 Å². The van der Waals surface area contributed by atoms with Gasteiger partial charge in [-0.3, -0.25) is 4.79 Å². The summed E-state index contributed by atoms with van der Waals surface area (Å²) in [6.07, 6.45) is 0.920. The van der Waals surface area contributed by atoms with Crippen molar-refractivity contribution in [1.82, 2.24) is 4.98 Å². The summed E-state index contributed by atoms with van der Waals surface area (Å²) in [5.74, 6) is -0.215. The van der Waals surface area contributed by atoms with Crippen molar-refractivity contribution >= 4 is 22.4 Å². The quantitative estimate of drug-likeness (QED) is 0.719. The lowest BCUT2D eigenvalue weighted by molar-refractivity contribution is -0.141. The molecule has 0 bridgehead atoms. The lowest BCUT2D eigenvalue weighted by Gasteiger charge is -2.13. The number of rotatable bonds is 5. The van der Waals surface area contributed by atoms with E-state index >= 15 is 0 Å². The molecule has 0 saturated carbocycles. The summed E-state index contributed by atoms with van der Waals surface area (Å²) in [4.78, 5) is 17.4. The number of carbonyl (C=O) groups is 1. The second kappa shape index (κ2) is 5.70. The minimum Gasteiger partial charge on any atom is -0.465 e. The molecule has 4 nitrogen and oxygen atoms in total. The van der Waals surface area contributed by atoms with Crippen molar-refractivity contribution in [1.29, 1.82) is 0 Å². The average molecular weight is 228 g/mol. The Morgan fingerprint density at radius 2 is 2.33 bits per heavy atom. The number of likely N-dealkylation sites (N-methyl/N-ethyl adjacent to an activating group) is 1. The molecule has 0 spiro atoms. The zero-order valence-corrected chi connectivity index (χ0v) is 10.1. The molecule has 0 aromatic carbocycles. The zero-order chi connectivity index (χ0) is 11.3. The van der Waals surface area contributed by atoms with Gasteiger partial charge in [0, 0.05) is 12.4 Å². The van der Waals surface area contributed by atoms with E-state index in [0.29, 0.717) is 6.61 Å². The first-order valence-corrected chi connectivity index (χ1v) is 5.86. The summed E-state index contributed by atoms with van der Waals surface area (Å²) in [5.41, 5.74) is 1.06. The van der Waals surface area contributed by atoms with Crippen LogP contribution < -0.4 is 4.90 Å². The summed E-state index contributed by atoms with van der Waals surface area (Å²) < 4.78 is 4.86. The smallest absolute Gasteiger partial charge is 0.325 e. The molecule has 1 heterocycles. The third-order valence-corrected chi connectivity index (χ3v) is 2.90. The van der Waals surface area contributed by atoms with E-state index in [1.165, 1.54) is 0 Å². The number of ether oxygens (including phenoxy) is 1. The number of aromatic nitrogens is 1. The van der Waals surface area contributed by atoms with E-state index in [-0.39, 0.29) is 12.5 Å². The Balaban J connectivity index is 2.52. The van der Waals surface area contributed by atoms with Crippen molar-refractivity contribution in [3.8, 4) is 0 Å². The van der Waals surface area contributed by atoms with Crippen LogP contribution in [0.3, 0.4) is 0 Å². The number of carbonyl (C=O) groups excluding carboxylic acids is 1. The zero-order valence-electron chi connectivity index (χ0n) is 9.32. The van der Waals surface area contributed by atoms with Gasteiger partial charge >= 0.3 is 5.97 Å². The van der Waals surface area contributed by atoms with Gasteiger partial charge in [-0.1, -0.05) is 6.92 Å². The van der Waals surface area contributed by atoms with Gasteiger partial charge in [-0.25, -0.2) is 4.98 Å². The van der Waals surface area contributed by atoms with E-state index in [4.69, 9.17) is 4.74 Å². The van der Waals surface area contributed by atoms with Crippen molar-refractivity contribution in [3.05, 3.63) is 11.1 Å². The molecule has 0 aliphatic rings. The van der Waals surface area contributed by atoms with Gasteiger partial charge in [0.15, 0.2) is 5.13 Å². The van der Waals surface area contributed by atoms with E-state index in [9.17, 15) is 4.79 Å². The molecule has 0 N–H and O–H groups in total. The lowest BCUT2D eigenvalue weighted by Crippen LogP contribution is -2.26. The molecule has 0 aliphatic carbocycles. The van der Waals surface area contributed by atoms with Gasteiger partial charge in [-0.05, 0) is 13.3 Å². The third-order valence-electron chi connectivity index (χ3n) is 1.90. The highest BCUT2D eigenvalue weighted by atomic mass is 32.1. The molecule has 0 aliphatic heterocycles. The molecule has 84 valence electrons. The second-order valence-corrected chi connectivity index (χ2v) is 3.97. The topological polar surface area (TPSA) is 42.4 Å². The molecular weight excluding hydrogens is 212 g/mol. The first kappa shape index (κ1) is 12.0. The molecule has 0 saturated heterocycles. The van der Waals surface area contributed by atoms with Crippen molar-refractivity contribution in [2.45, 2.75) is 20.3 Å². The van der Waals surface area contributed by atoms with Gasteiger partial charge < -0.3 is 9.64 Å². The number of aryl methyl sites for hydroxylation is 1. The highest BCUT2D eigenvalue weighted by Gasteiger charge is 2.10. The van der Waals surface area contributed by atoms with Gasteiger partial charge in [-0.2, -0.15) is 0 Å². The monoisotopic (exact) mass is 228 g/mol. The summed E-state index contributed by atoms with van der Waals surface area (Å²) in [6, 6.07) is 0. The highest BCUT2D eigenvalue weighted by molar-refractivity contribution is 7.13. The fraction of sp³-hybridized carbons (Fsp3) is 0.600. The van der Waals surface area contributed by atoms with E-state index in [1.54, 1.807) is 18.3 Å². The predicted molar refractivity (Wildman–Crippen MR) is 61.4 cm³/mol. The molecule has 0 amide bonds. The number of hydrogen-bond acceptors (Lipinski definition) is 5. The maximum absolute atomic E-state index is 11.2. The maximum Gasteiger partial charge on any atom is 0.325 e. The molecule has 1 aromatic heterocycles. The summed E-state index contributed by atoms with van der Waals surface area (Å²) in [7, 11) is 1.84. The van der Waals surface area contributed by atoms with Crippen LogP contribution in [0.5, 0.6) is 0 Å². The number of anilines is 1. The van der Waals surface area contributed by atoms with Gasteiger partial charge in [0.25, 0.3) is 0 Å². The molecule has 0 atom stereocenters. The molecule has 0 radical (unpaired) electrons. The second-order valence-electron chi connectivity index (χ2n) is 3.14. The Bertz CT molecular complexity index is 325. The first-order valence-electron chi connectivity index (χ1n) is 4.98. The Morgan fingerprint density at radius 3 is 2.87 bits per heavy atom. The molecule has 15 heavy (non-hydrogen) atoms. The Hall–Kier alpha value is -1.10. The number of esters is 1. The standard InChI is InChI=1S/C10H16N2O2S/c1-4-8-7-15-10(11-8)12(3)6-9(13)14-5-2/h7H,4-6H2,1-3H3. The van der Waals surface area contributed by atoms with Crippen molar-refractivity contribution in [2.24, 2.45) is 0 Å². The van der Waals surface area contributed by atoms with E-state index < -0.39 is 0 Å². The minimum atomic E-state index is -0.215. The highest BCUT2D eigenvalue weighted by Crippen LogP contribution is 2.19. The molecule has 1 aromatic rings. The Labute approximate surface area is 93.9 Å². The molecule has 5 heteroatoms. The van der Waals surface area contributed by atoms with Gasteiger partial charge in [-0.15, -0.1) is 11.3 Å². The van der Waals surface area contributed by atoms with Crippen molar-refractivity contribution in [2.75, 3.05) is 25.1 Å². The van der Waals surface area contributed by atoms with Crippen LogP contribution in [0.25, 0.3) is 0 Å². The summed E-state index contributed by atoms with van der Waals surface area (Å²) in [6.45, 7) is 4.54. The van der Waals surface area contributed by atoms with Crippen molar-refractivity contribution in [3.63, 3.8) is 0 Å². The van der Waals surface area contributed by atoms with Crippen LogP contribution in [0.15, 0.2) is 5.38 Å². The van der Waals surface area contributed by atoms with Gasteiger partial charge in [0.2, 0.25) is 0 Å². The molecule has 0 unspecified atom stereocenters. The van der Waals surface area contributed by atoms with Gasteiger partial charge in [0.05, 0.1) is 12.3 Å². The minimum absolute atomic E-state index is 0.215. The molecule has 0 fully saturated rings. The van der Waals surface area contributed by atoms with Gasteiger partial charge in [0.1, 0.15) is 6.54 Å². The average Bonchev–Trinajstić information content (AvgIpc) is 2.66. The van der Waals surface area contributed by atoms with E-state index in [1.807, 2.05) is 17.3 Å². The van der Waals surface area contributed by atoms with Crippen LogP contribution in [0, 0.1) is 0 Å². The normalized spacial score (nSPS) is 10.1. The fourth-order valence-electron chi connectivity index (χ4n) is 1.10. The number of nitrogens with zero attached hydrogens (tertiary/aromatic N) is 2. The largest absolute Gasteiger partial charge is 0.465 e. The molecular formula is C10H16N2O2S. The number of hydrogen-bond donors (Lipinski definition) is 0. The van der Waals surface area contributed by atoms with E-state index in [2.05, 4.69) is 11.9 Å². The predicted octanol–water partition coefficient (Wildman–Crippen LogP) is 1.70. The third kappa shape index (κ3) is 3.51. The van der Waals surface area contributed by atoms with E-state index in [0.717, 1.165) is 17.2 Å². The summed E-state index contributed by atoms with van der Waals surface area (Å²) in [5, 5.41) is 2.87. The van der Waals surface area contributed by atoms with Crippen LogP contribution in [0.1, 0.15) is 19.5 Å². The Kier molecular flexibility index (Phi) is 4.55. The Morgan fingerprint density at radius 1 is 1.60 bits per heavy atom. The molecule has 1 rings (SSSR count). The van der Waals surface area contributed by atoms with Crippen molar-refractivity contribution < 1.29 is 9.53 Å². The van der Waals surface area contributed by atoms with Crippen LogP contribution in [0.2, 0.25) is 0 Å². The maximum atomic E-state index is 11.2. The van der Waals surface area contributed by atoms with Crippen LogP contribution in [-0.2, 0) is 16.0 Å². The lowest BCUT2D eigenvalue weighted by atomic mass is 10.4. The first-order chi connectivity index (χ1) is 7.17. The van der Waals surface area contributed by atoms with Crippen LogP contribution in [-0.4, -0.2) is 31.2 Å². The number of thiazole rings is 1. The van der Waals surface area contributed by atoms with Crippen LogP contribution >= 0.6 is 11.3 Å². The summed E-state index contributed by atoms with van der Waals surface area (Å²) >= 11 is 1.55. The fourth-order valence-corrected chi connectivity index (χ4v) is 1.98. The SMILES string of the molecule is CCOC(=O)CN(C)c1nc(CC)cs1.